The number of hydrogen-bond donors (Lipinski definition) is 4. The fourth-order valence-electron chi connectivity index (χ4n) is 9.27. The van der Waals surface area contributed by atoms with Crippen molar-refractivity contribution in [2.45, 2.75) is 166 Å². The smallest absolute Gasteiger partial charge is 0.329 e. The van der Waals surface area contributed by atoms with E-state index in [-0.39, 0.29) is 30.5 Å². The van der Waals surface area contributed by atoms with Gasteiger partial charge in [0.15, 0.2) is 5.79 Å². The van der Waals surface area contributed by atoms with Crippen LogP contribution < -0.4 is 0 Å². The van der Waals surface area contributed by atoms with Gasteiger partial charge in [0.05, 0.1) is 36.9 Å². The van der Waals surface area contributed by atoms with Crippen LogP contribution in [0.5, 0.6) is 0 Å². The van der Waals surface area contributed by atoms with E-state index in [4.69, 9.17) is 18.9 Å². The number of ether oxygens (including phenoxy) is 4. The number of piperidine rings is 1. The van der Waals surface area contributed by atoms with E-state index in [1.807, 2.05) is 32.9 Å². The van der Waals surface area contributed by atoms with E-state index in [1.165, 1.54) is 4.90 Å². The second-order valence-electron chi connectivity index (χ2n) is 17.1. The standard InChI is InChI=1S/C43H69NO11/c1-9-12-31-18-25(2)17-26(3)19-37(52-7)41-38(53-8)21-28(5)43(51,55-41)24-39(49)44-16-11-10-13-32(44)42(50)54-40(29(6)34(46)23-35(31)47)27(4)20-30-14-15-33(45)36(48)22-30/h9,18,20,26,28-34,36-38,40-41,45-46,48,51H,1,10-17,19,21-24H2,2-8H3/b25-18?,27-20+/t26-,28+,29+,30-,31+,32-,33+,34-,36+,37-,38-,40+,41+,43-/m0/s1. The van der Waals surface area contributed by atoms with Crippen LogP contribution in [0, 0.1) is 29.6 Å². The van der Waals surface area contributed by atoms with Crippen LogP contribution in [0.1, 0.15) is 112 Å². The fourth-order valence-corrected chi connectivity index (χ4v) is 9.27. The van der Waals surface area contributed by atoms with Gasteiger partial charge in [0.2, 0.25) is 5.91 Å². The second-order valence-corrected chi connectivity index (χ2v) is 17.1. The van der Waals surface area contributed by atoms with Crippen molar-refractivity contribution < 1.29 is 53.8 Å². The molecule has 1 amide bonds. The highest BCUT2D eigenvalue weighted by molar-refractivity contribution is 5.85. The number of methoxy groups -OCH3 is 2. The molecule has 3 fully saturated rings. The van der Waals surface area contributed by atoms with E-state index >= 15 is 0 Å². The number of aliphatic hydroxyl groups is 4. The molecule has 14 atom stereocenters. The minimum Gasteiger partial charge on any atom is -0.456 e. The molecule has 0 aromatic rings. The Morgan fingerprint density at radius 3 is 2.31 bits per heavy atom. The Balaban J connectivity index is 1.74. The number of ketones is 1. The maximum absolute atomic E-state index is 14.2. The lowest BCUT2D eigenvalue weighted by atomic mass is 9.81. The van der Waals surface area contributed by atoms with Gasteiger partial charge in [-0.2, -0.15) is 0 Å². The molecule has 0 spiro atoms. The first-order valence-corrected chi connectivity index (χ1v) is 20.5. The van der Waals surface area contributed by atoms with Crippen molar-refractivity contribution >= 4 is 17.7 Å². The lowest BCUT2D eigenvalue weighted by Crippen LogP contribution is -2.59. The van der Waals surface area contributed by atoms with Gasteiger partial charge in [-0.3, -0.25) is 9.59 Å². The van der Waals surface area contributed by atoms with Crippen LogP contribution in [0.3, 0.4) is 0 Å². The molecule has 55 heavy (non-hydrogen) atoms. The highest BCUT2D eigenvalue weighted by Crippen LogP contribution is 2.40. The summed E-state index contributed by atoms with van der Waals surface area (Å²) in [5.41, 5.74) is 1.66. The number of hydrogen-bond acceptors (Lipinski definition) is 11. The average molecular weight is 776 g/mol. The largest absolute Gasteiger partial charge is 0.456 e. The third-order valence-corrected chi connectivity index (χ3v) is 12.7. The Morgan fingerprint density at radius 2 is 1.65 bits per heavy atom. The number of nitrogens with zero attached hydrogens (tertiary/aromatic N) is 1. The summed E-state index contributed by atoms with van der Waals surface area (Å²) < 4.78 is 24.6. The molecule has 4 N–H and O–H groups in total. The van der Waals surface area contributed by atoms with E-state index in [9.17, 15) is 34.8 Å². The van der Waals surface area contributed by atoms with Crippen LogP contribution in [0.15, 0.2) is 36.0 Å². The van der Waals surface area contributed by atoms with Crippen molar-refractivity contribution in [3.05, 3.63) is 36.0 Å². The fraction of sp³-hybridized carbons (Fsp3) is 0.791. The summed E-state index contributed by atoms with van der Waals surface area (Å²) in [7, 11) is 3.20. The number of allylic oxidation sites excluding steroid dienone is 4. The van der Waals surface area contributed by atoms with Crippen molar-refractivity contribution in [1.29, 1.82) is 0 Å². The van der Waals surface area contributed by atoms with Crippen LogP contribution in [0.4, 0.5) is 0 Å². The summed E-state index contributed by atoms with van der Waals surface area (Å²) in [5, 5.41) is 44.2. The first-order valence-electron chi connectivity index (χ1n) is 20.5. The van der Waals surface area contributed by atoms with E-state index in [1.54, 1.807) is 27.2 Å². The van der Waals surface area contributed by atoms with Gasteiger partial charge in [-0.05, 0) is 95.5 Å². The van der Waals surface area contributed by atoms with Crippen molar-refractivity contribution in [1.82, 2.24) is 4.90 Å². The minimum absolute atomic E-state index is 0.0917. The Labute approximate surface area is 328 Å². The number of fused-ring (bicyclic) bond motifs is 3. The van der Waals surface area contributed by atoms with Crippen LogP contribution >= 0.6 is 0 Å². The van der Waals surface area contributed by atoms with Crippen LogP contribution in [-0.4, -0.2) is 118 Å². The molecule has 0 aromatic heterocycles. The molecule has 2 bridgehead atoms. The third-order valence-electron chi connectivity index (χ3n) is 12.7. The van der Waals surface area contributed by atoms with Crippen LogP contribution in [0.25, 0.3) is 0 Å². The molecule has 1 saturated carbocycles. The van der Waals surface area contributed by atoms with E-state index in [0.717, 1.165) is 5.57 Å². The first-order chi connectivity index (χ1) is 26.0. The summed E-state index contributed by atoms with van der Waals surface area (Å²) in [6.07, 6.45) is 4.95. The van der Waals surface area contributed by atoms with E-state index < -0.39 is 84.2 Å². The third kappa shape index (κ3) is 11.6. The van der Waals surface area contributed by atoms with Gasteiger partial charge in [0, 0.05) is 44.9 Å². The molecule has 0 radical (unpaired) electrons. The highest BCUT2D eigenvalue weighted by atomic mass is 16.7. The molecule has 4 rings (SSSR count). The summed E-state index contributed by atoms with van der Waals surface area (Å²) in [4.78, 5) is 43.8. The zero-order chi connectivity index (χ0) is 40.6. The van der Waals surface area contributed by atoms with Crippen molar-refractivity contribution in [3.63, 3.8) is 0 Å². The number of aliphatic hydroxyl groups excluding tert-OH is 3. The predicted molar refractivity (Wildman–Crippen MR) is 207 cm³/mol. The van der Waals surface area contributed by atoms with Gasteiger partial charge in [-0.1, -0.05) is 44.6 Å². The van der Waals surface area contributed by atoms with E-state index in [2.05, 4.69) is 13.5 Å². The molecule has 3 heterocycles. The lowest BCUT2D eigenvalue weighted by molar-refractivity contribution is -0.321. The second kappa shape index (κ2) is 20.3. The molecule has 12 heteroatoms. The maximum atomic E-state index is 14.2. The topological polar surface area (TPSA) is 172 Å². The Kier molecular flexibility index (Phi) is 16.7. The van der Waals surface area contributed by atoms with E-state index in [0.29, 0.717) is 76.3 Å². The molecule has 2 saturated heterocycles. The number of carbonyl (C=O) groups excluding carboxylic acids is 3. The molecule has 12 nitrogen and oxygen atoms in total. The number of carbonyl (C=O) groups is 3. The molecule has 0 unspecified atom stereocenters. The zero-order valence-electron chi connectivity index (χ0n) is 34.2. The summed E-state index contributed by atoms with van der Waals surface area (Å²) in [5.74, 6) is -4.72. The zero-order valence-corrected chi connectivity index (χ0v) is 34.2. The number of rotatable bonds is 6. The Hall–Kier alpha value is -2.45. The Bertz CT molecular complexity index is 1380. The van der Waals surface area contributed by atoms with Gasteiger partial charge in [-0.15, -0.1) is 6.58 Å². The van der Waals surface area contributed by atoms with Gasteiger partial charge in [0.1, 0.15) is 24.0 Å². The normalized spacial score (nSPS) is 41.0. The number of Topliss-reactive ketones (excluding diaryl/α,β-unsaturated/α-hetero) is 1. The maximum Gasteiger partial charge on any atom is 0.329 e. The molecule has 1 aliphatic carbocycles. The van der Waals surface area contributed by atoms with Gasteiger partial charge in [0.25, 0.3) is 0 Å². The summed E-state index contributed by atoms with van der Waals surface area (Å²) in [6, 6.07) is -0.925. The molecule has 4 aliphatic rings. The monoisotopic (exact) mass is 775 g/mol. The van der Waals surface area contributed by atoms with Crippen molar-refractivity contribution in [2.24, 2.45) is 29.6 Å². The van der Waals surface area contributed by atoms with Crippen molar-refractivity contribution in [3.8, 4) is 0 Å². The summed E-state index contributed by atoms with van der Waals surface area (Å²) in [6.45, 7) is 13.7. The lowest BCUT2D eigenvalue weighted by Gasteiger charge is -2.48. The summed E-state index contributed by atoms with van der Waals surface area (Å²) >= 11 is 0. The van der Waals surface area contributed by atoms with Crippen LogP contribution in [0.2, 0.25) is 0 Å². The average Bonchev–Trinajstić information content (AvgIpc) is 3.14. The predicted octanol–water partition coefficient (Wildman–Crippen LogP) is 4.81. The number of esters is 1. The molecular weight excluding hydrogens is 706 g/mol. The Morgan fingerprint density at radius 1 is 0.964 bits per heavy atom. The highest BCUT2D eigenvalue weighted by Gasteiger charge is 2.51. The number of cyclic esters (lactones) is 1. The van der Waals surface area contributed by atoms with Gasteiger partial charge in [-0.25, -0.2) is 4.79 Å². The number of amides is 1. The molecule has 312 valence electrons. The van der Waals surface area contributed by atoms with Crippen LogP contribution in [-0.2, 0) is 33.3 Å². The first kappa shape index (κ1) is 45.3. The van der Waals surface area contributed by atoms with Gasteiger partial charge >= 0.3 is 5.97 Å². The molecule has 0 aromatic carbocycles. The van der Waals surface area contributed by atoms with Gasteiger partial charge < -0.3 is 44.3 Å². The quantitative estimate of drug-likeness (QED) is 0.216. The van der Waals surface area contributed by atoms with Crippen molar-refractivity contribution in [2.75, 3.05) is 20.8 Å². The SMILES string of the molecule is C=CC[C@@H]1C=C(C)C[C@H](C)C[C@H](OC)[C@H]2O[C@@](O)(CC(=O)N3CCCC[C@H]3C(=O)O[C@H](/C(C)=C/[C@@H]3CC[C@@H](O)[C@H](O)C3)[C@H](C)[C@@H](O)CC1=O)[C@H](C)C[C@@H]2OC. The molecule has 3 aliphatic heterocycles. The molecular formula is C43H69NO11. The minimum atomic E-state index is -1.84.